The third-order valence-electron chi connectivity index (χ3n) is 2.75. The number of nitrogens with one attached hydrogen (secondary N) is 1. The maximum absolute atomic E-state index is 11.5. The molecule has 1 atom stereocenters. The lowest BCUT2D eigenvalue weighted by Crippen LogP contribution is -2.31. The van der Waals surface area contributed by atoms with E-state index in [1.165, 1.54) is 0 Å². The molecule has 1 unspecified atom stereocenters. The van der Waals surface area contributed by atoms with Gasteiger partial charge in [-0.05, 0) is 12.5 Å². The number of hydrogen-bond donors (Lipinski definition) is 2. The predicted molar refractivity (Wildman–Crippen MR) is 74.0 cm³/mol. The number of para-hydroxylation sites is 1. The molecule has 0 aliphatic heterocycles. The van der Waals surface area contributed by atoms with Crippen molar-refractivity contribution >= 4 is 5.91 Å². The number of nitrogens with two attached hydrogens (primary N) is 1. The summed E-state index contributed by atoms with van der Waals surface area (Å²) in [5.41, 5.74) is 6.93. The summed E-state index contributed by atoms with van der Waals surface area (Å²) >= 11 is 0. The molecular weight excluding hydrogens is 244 g/mol. The third-order valence-corrected chi connectivity index (χ3v) is 2.75. The maximum atomic E-state index is 11.5. The van der Waals surface area contributed by atoms with Crippen LogP contribution in [0.3, 0.4) is 0 Å². The lowest BCUT2D eigenvalue weighted by Gasteiger charge is -2.15. The van der Waals surface area contributed by atoms with Crippen molar-refractivity contribution in [2.75, 3.05) is 26.9 Å². The molecule has 0 aromatic heterocycles. The summed E-state index contributed by atoms with van der Waals surface area (Å²) in [4.78, 5) is 11.5. The van der Waals surface area contributed by atoms with Crippen LogP contribution in [0.25, 0.3) is 0 Å². The zero-order valence-corrected chi connectivity index (χ0v) is 11.5. The van der Waals surface area contributed by atoms with Crippen molar-refractivity contribution in [3.8, 4) is 5.75 Å². The summed E-state index contributed by atoms with van der Waals surface area (Å²) < 4.78 is 10.4. The smallest absolute Gasteiger partial charge is 0.258 e. The fourth-order valence-electron chi connectivity index (χ4n) is 1.63. The fourth-order valence-corrected chi connectivity index (χ4v) is 1.63. The van der Waals surface area contributed by atoms with Crippen LogP contribution in [0.1, 0.15) is 24.9 Å². The van der Waals surface area contributed by atoms with Crippen molar-refractivity contribution < 1.29 is 14.3 Å². The molecule has 0 saturated heterocycles. The van der Waals surface area contributed by atoms with Crippen LogP contribution in [0, 0.1) is 0 Å². The second-order valence-electron chi connectivity index (χ2n) is 4.18. The minimum absolute atomic E-state index is 0.0167. The lowest BCUT2D eigenvalue weighted by atomic mass is 10.0. The van der Waals surface area contributed by atoms with Gasteiger partial charge >= 0.3 is 0 Å². The van der Waals surface area contributed by atoms with Crippen molar-refractivity contribution in [1.29, 1.82) is 0 Å². The van der Waals surface area contributed by atoms with E-state index < -0.39 is 0 Å². The molecule has 5 nitrogen and oxygen atoms in total. The molecule has 0 radical (unpaired) electrons. The van der Waals surface area contributed by atoms with Crippen LogP contribution >= 0.6 is 0 Å². The molecule has 0 fully saturated rings. The molecule has 0 spiro atoms. The molecule has 1 amide bonds. The Morgan fingerprint density at radius 3 is 2.84 bits per heavy atom. The van der Waals surface area contributed by atoms with Gasteiger partial charge in [-0.1, -0.05) is 25.1 Å². The molecule has 0 aliphatic carbocycles. The SMILES string of the molecule is CCC(N)c1ccccc1OCC(=O)NCCOC. The highest BCUT2D eigenvalue weighted by Crippen LogP contribution is 2.25. The first-order valence-electron chi connectivity index (χ1n) is 6.42. The average Bonchev–Trinajstić information content (AvgIpc) is 2.45. The van der Waals surface area contributed by atoms with Gasteiger partial charge in [0, 0.05) is 25.3 Å². The van der Waals surface area contributed by atoms with Gasteiger partial charge in [0.1, 0.15) is 5.75 Å². The number of amides is 1. The van der Waals surface area contributed by atoms with Gasteiger partial charge in [0.05, 0.1) is 6.61 Å². The molecule has 0 saturated carbocycles. The first kappa shape index (κ1) is 15.5. The fraction of sp³-hybridized carbons (Fsp3) is 0.500. The highest BCUT2D eigenvalue weighted by atomic mass is 16.5. The number of methoxy groups -OCH3 is 1. The molecule has 1 aromatic rings. The largest absolute Gasteiger partial charge is 0.483 e. The van der Waals surface area contributed by atoms with Crippen LogP contribution in [0.4, 0.5) is 0 Å². The normalized spacial score (nSPS) is 11.9. The number of rotatable bonds is 8. The van der Waals surface area contributed by atoms with E-state index in [1.807, 2.05) is 31.2 Å². The first-order chi connectivity index (χ1) is 9.19. The Balaban J connectivity index is 2.50. The Kier molecular flexibility index (Phi) is 6.92. The van der Waals surface area contributed by atoms with Gasteiger partial charge < -0.3 is 20.5 Å². The van der Waals surface area contributed by atoms with E-state index in [1.54, 1.807) is 7.11 Å². The van der Waals surface area contributed by atoms with Gasteiger partial charge in [-0.25, -0.2) is 0 Å². The van der Waals surface area contributed by atoms with Crippen LogP contribution in [-0.4, -0.2) is 32.8 Å². The van der Waals surface area contributed by atoms with Gasteiger partial charge in [0.2, 0.25) is 0 Å². The quantitative estimate of drug-likeness (QED) is 0.694. The molecule has 19 heavy (non-hydrogen) atoms. The van der Waals surface area contributed by atoms with Crippen LogP contribution in [0.15, 0.2) is 24.3 Å². The average molecular weight is 266 g/mol. The minimum Gasteiger partial charge on any atom is -0.483 e. The minimum atomic E-state index is -0.170. The molecule has 106 valence electrons. The number of ether oxygens (including phenoxy) is 2. The van der Waals surface area contributed by atoms with Crippen molar-refractivity contribution in [3.05, 3.63) is 29.8 Å². The molecule has 3 N–H and O–H groups in total. The Bertz CT molecular complexity index is 396. The van der Waals surface area contributed by atoms with Gasteiger partial charge in [0.15, 0.2) is 6.61 Å². The molecule has 0 heterocycles. The topological polar surface area (TPSA) is 73.6 Å². The summed E-state index contributed by atoms with van der Waals surface area (Å²) in [7, 11) is 1.59. The van der Waals surface area contributed by atoms with Crippen molar-refractivity contribution in [1.82, 2.24) is 5.32 Å². The molecule has 0 bridgehead atoms. The van der Waals surface area contributed by atoms with Gasteiger partial charge in [-0.3, -0.25) is 4.79 Å². The van der Waals surface area contributed by atoms with E-state index in [4.69, 9.17) is 15.2 Å². The Labute approximate surface area is 114 Å². The van der Waals surface area contributed by atoms with E-state index in [-0.39, 0.29) is 18.6 Å². The second kappa shape index (κ2) is 8.50. The van der Waals surface area contributed by atoms with Crippen LogP contribution in [-0.2, 0) is 9.53 Å². The zero-order chi connectivity index (χ0) is 14.1. The van der Waals surface area contributed by atoms with Crippen LogP contribution in [0.2, 0.25) is 0 Å². The van der Waals surface area contributed by atoms with Gasteiger partial charge in [-0.2, -0.15) is 0 Å². The number of benzene rings is 1. The predicted octanol–water partition coefficient (Wildman–Crippen LogP) is 1.24. The summed E-state index contributed by atoms with van der Waals surface area (Å²) in [6, 6.07) is 7.45. The summed E-state index contributed by atoms with van der Waals surface area (Å²) in [5, 5.41) is 2.70. The monoisotopic (exact) mass is 266 g/mol. The maximum Gasteiger partial charge on any atom is 0.258 e. The molecule has 1 aromatic carbocycles. The highest BCUT2D eigenvalue weighted by molar-refractivity contribution is 5.77. The standard InChI is InChI=1S/C14H22N2O3/c1-3-12(15)11-6-4-5-7-13(11)19-10-14(17)16-8-9-18-2/h4-7,12H,3,8-10,15H2,1-2H3,(H,16,17). The van der Waals surface area contributed by atoms with Crippen molar-refractivity contribution in [2.24, 2.45) is 5.73 Å². The van der Waals surface area contributed by atoms with Gasteiger partial charge in [0.25, 0.3) is 5.91 Å². The van der Waals surface area contributed by atoms with E-state index in [0.717, 1.165) is 12.0 Å². The molecule has 0 aliphatic rings. The molecule has 1 rings (SSSR count). The van der Waals surface area contributed by atoms with Crippen LogP contribution in [0.5, 0.6) is 5.75 Å². The number of hydrogen-bond acceptors (Lipinski definition) is 4. The van der Waals surface area contributed by atoms with Crippen LogP contribution < -0.4 is 15.8 Å². The molecular formula is C14H22N2O3. The van der Waals surface area contributed by atoms with E-state index >= 15 is 0 Å². The van der Waals surface area contributed by atoms with E-state index in [0.29, 0.717) is 18.9 Å². The third kappa shape index (κ3) is 5.28. The second-order valence-corrected chi connectivity index (χ2v) is 4.18. The lowest BCUT2D eigenvalue weighted by molar-refractivity contribution is -0.123. The van der Waals surface area contributed by atoms with Gasteiger partial charge in [-0.15, -0.1) is 0 Å². The number of carbonyl (C=O) groups excluding carboxylic acids is 1. The highest BCUT2D eigenvalue weighted by Gasteiger charge is 2.11. The van der Waals surface area contributed by atoms with E-state index in [9.17, 15) is 4.79 Å². The summed E-state index contributed by atoms with van der Waals surface area (Å²) in [6.07, 6.45) is 0.820. The Morgan fingerprint density at radius 1 is 1.42 bits per heavy atom. The summed E-state index contributed by atoms with van der Waals surface area (Å²) in [5.74, 6) is 0.496. The first-order valence-corrected chi connectivity index (χ1v) is 6.42. The Hall–Kier alpha value is -1.59. The zero-order valence-electron chi connectivity index (χ0n) is 11.5. The van der Waals surface area contributed by atoms with E-state index in [2.05, 4.69) is 5.32 Å². The summed E-state index contributed by atoms with van der Waals surface area (Å²) in [6.45, 7) is 2.97. The number of carbonyl (C=O) groups is 1. The van der Waals surface area contributed by atoms with Crippen molar-refractivity contribution in [2.45, 2.75) is 19.4 Å². The Morgan fingerprint density at radius 2 is 2.16 bits per heavy atom. The van der Waals surface area contributed by atoms with Crippen molar-refractivity contribution in [3.63, 3.8) is 0 Å². The molecule has 5 heteroatoms.